The van der Waals surface area contributed by atoms with Crippen molar-refractivity contribution in [2.45, 2.75) is 46.1 Å². The molecule has 0 bridgehead atoms. The third-order valence-corrected chi connectivity index (χ3v) is 8.25. The molecule has 0 saturated heterocycles. The van der Waals surface area contributed by atoms with Crippen molar-refractivity contribution in [3.8, 4) is 34.1 Å². The number of rotatable bonds is 14. The second kappa shape index (κ2) is 15.4. The minimum Gasteiger partial charge on any atom is -0.488 e. The number of ether oxygens (including phenoxy) is 5. The maximum atomic E-state index is 12.2. The first kappa shape index (κ1) is 34.5. The fraction of sp³-hybridized carbons (Fsp3) is 0.306. The molecule has 48 heavy (non-hydrogen) atoms. The van der Waals surface area contributed by atoms with E-state index >= 15 is 0 Å². The Kier molecular flexibility index (Phi) is 11.0. The lowest BCUT2D eigenvalue weighted by atomic mass is 9.96. The molecule has 2 heterocycles. The van der Waals surface area contributed by atoms with Crippen LogP contribution in [0.4, 0.5) is 0 Å². The van der Waals surface area contributed by atoms with Gasteiger partial charge in [-0.15, -0.1) is 0 Å². The van der Waals surface area contributed by atoms with Gasteiger partial charge in [0.1, 0.15) is 43.5 Å². The van der Waals surface area contributed by atoms with Crippen LogP contribution < -0.4 is 24.3 Å². The van der Waals surface area contributed by atoms with Gasteiger partial charge < -0.3 is 33.9 Å². The van der Waals surface area contributed by atoms with Gasteiger partial charge in [0.2, 0.25) is 0 Å². The zero-order valence-corrected chi connectivity index (χ0v) is 27.6. The number of carboxylic acid groups (broad SMARTS) is 1. The average molecular weight is 677 g/mol. The standard InChI is InChI=1S/C36H37ClN2O9/c1-4-44-34(41)27-12-23(16-38-17-27)19-47-31-15-32(29(37)13-26(31)18-39-36(3,21-40)35(42)43)48-20-25-6-5-7-28(22(25)2)24-8-9-30-33(14-24)46-11-10-45-30/h5-9,12-17,39-40H,4,10-11,18-21H2,1-3H3,(H,42,43). The summed E-state index contributed by atoms with van der Waals surface area (Å²) in [5, 5.41) is 22.5. The van der Waals surface area contributed by atoms with E-state index in [2.05, 4.69) is 10.3 Å². The third-order valence-electron chi connectivity index (χ3n) is 7.95. The van der Waals surface area contributed by atoms with Gasteiger partial charge in [-0.05, 0) is 67.3 Å². The first-order valence-electron chi connectivity index (χ1n) is 15.4. The van der Waals surface area contributed by atoms with E-state index in [-0.39, 0.29) is 37.0 Å². The summed E-state index contributed by atoms with van der Waals surface area (Å²) < 4.78 is 28.9. The average Bonchev–Trinajstić information content (AvgIpc) is 3.10. The van der Waals surface area contributed by atoms with Crippen LogP contribution >= 0.6 is 11.6 Å². The summed E-state index contributed by atoms with van der Waals surface area (Å²) in [7, 11) is 0. The lowest BCUT2D eigenvalue weighted by molar-refractivity contribution is -0.145. The Morgan fingerprint density at radius 1 is 0.979 bits per heavy atom. The minimum atomic E-state index is -1.60. The molecule has 12 heteroatoms. The van der Waals surface area contributed by atoms with Gasteiger partial charge in [-0.1, -0.05) is 35.9 Å². The summed E-state index contributed by atoms with van der Waals surface area (Å²) in [6.45, 7) is 5.98. The Balaban J connectivity index is 1.39. The molecule has 5 rings (SSSR count). The van der Waals surface area contributed by atoms with E-state index < -0.39 is 24.1 Å². The monoisotopic (exact) mass is 676 g/mol. The molecule has 0 amide bonds. The molecular weight excluding hydrogens is 640 g/mol. The number of hydrogen-bond acceptors (Lipinski definition) is 10. The van der Waals surface area contributed by atoms with E-state index in [0.29, 0.717) is 41.6 Å². The van der Waals surface area contributed by atoms with Crippen molar-refractivity contribution in [1.29, 1.82) is 0 Å². The van der Waals surface area contributed by atoms with Crippen LogP contribution in [-0.4, -0.2) is 59.1 Å². The Bertz CT molecular complexity index is 1800. The van der Waals surface area contributed by atoms with Crippen LogP contribution in [0.25, 0.3) is 11.1 Å². The van der Waals surface area contributed by atoms with Gasteiger partial charge in [-0.2, -0.15) is 0 Å². The number of aromatic nitrogens is 1. The fourth-order valence-corrected chi connectivity index (χ4v) is 5.26. The molecule has 252 valence electrons. The quantitative estimate of drug-likeness (QED) is 0.141. The molecule has 4 aromatic rings. The second-order valence-corrected chi connectivity index (χ2v) is 11.8. The Morgan fingerprint density at radius 2 is 1.75 bits per heavy atom. The summed E-state index contributed by atoms with van der Waals surface area (Å²) in [5.41, 5.74) is 3.79. The summed E-state index contributed by atoms with van der Waals surface area (Å²) in [5.74, 6) is 0.426. The lowest BCUT2D eigenvalue weighted by Gasteiger charge is -2.25. The minimum absolute atomic E-state index is 0.0104. The molecule has 1 atom stereocenters. The molecule has 11 nitrogen and oxygen atoms in total. The molecule has 1 unspecified atom stereocenters. The first-order chi connectivity index (χ1) is 23.1. The van der Waals surface area contributed by atoms with Crippen molar-refractivity contribution in [2.75, 3.05) is 26.4 Å². The number of aliphatic hydroxyl groups excluding tert-OH is 1. The number of fused-ring (bicyclic) bond motifs is 1. The van der Waals surface area contributed by atoms with Crippen LogP contribution in [-0.2, 0) is 29.3 Å². The third kappa shape index (κ3) is 7.99. The van der Waals surface area contributed by atoms with E-state index in [9.17, 15) is 19.8 Å². The number of hydrogen-bond donors (Lipinski definition) is 3. The molecule has 3 aromatic carbocycles. The number of esters is 1. The van der Waals surface area contributed by atoms with Crippen LogP contribution in [0.3, 0.4) is 0 Å². The molecule has 0 fully saturated rings. The first-order valence-corrected chi connectivity index (χ1v) is 15.8. The fourth-order valence-electron chi connectivity index (χ4n) is 5.02. The number of carbonyl (C=O) groups excluding carboxylic acids is 1. The summed E-state index contributed by atoms with van der Waals surface area (Å²) in [6.07, 6.45) is 2.98. The number of halogens is 1. The highest BCUT2D eigenvalue weighted by Crippen LogP contribution is 2.37. The van der Waals surface area contributed by atoms with E-state index in [1.165, 1.54) is 13.1 Å². The Hall–Kier alpha value is -4.84. The topological polar surface area (TPSA) is 146 Å². The van der Waals surface area contributed by atoms with E-state index in [4.69, 9.17) is 35.3 Å². The second-order valence-electron chi connectivity index (χ2n) is 11.4. The molecule has 1 aromatic heterocycles. The van der Waals surface area contributed by atoms with Gasteiger partial charge >= 0.3 is 11.9 Å². The molecule has 1 aliphatic rings. The molecule has 0 saturated carbocycles. The van der Waals surface area contributed by atoms with Gasteiger partial charge in [0, 0.05) is 36.1 Å². The van der Waals surface area contributed by atoms with Gasteiger partial charge in [-0.25, -0.2) is 4.79 Å². The smallest absolute Gasteiger partial charge is 0.339 e. The summed E-state index contributed by atoms with van der Waals surface area (Å²) >= 11 is 6.69. The number of carbonyl (C=O) groups is 2. The summed E-state index contributed by atoms with van der Waals surface area (Å²) in [6, 6.07) is 16.7. The molecule has 0 radical (unpaired) electrons. The van der Waals surface area contributed by atoms with Crippen molar-refractivity contribution >= 4 is 23.5 Å². The van der Waals surface area contributed by atoms with Crippen molar-refractivity contribution in [2.24, 2.45) is 0 Å². The van der Waals surface area contributed by atoms with Crippen molar-refractivity contribution < 1.29 is 43.5 Å². The Labute approximate surface area is 283 Å². The number of nitrogens with zero attached hydrogens (tertiary/aromatic N) is 1. The molecule has 0 spiro atoms. The number of nitrogens with one attached hydrogen (secondary N) is 1. The van der Waals surface area contributed by atoms with Crippen molar-refractivity contribution in [1.82, 2.24) is 10.3 Å². The highest BCUT2D eigenvalue weighted by molar-refractivity contribution is 6.32. The number of benzene rings is 3. The molecule has 0 aliphatic carbocycles. The van der Waals surface area contributed by atoms with Crippen LogP contribution in [0.5, 0.6) is 23.0 Å². The number of aliphatic carboxylic acids is 1. The van der Waals surface area contributed by atoms with Crippen LogP contribution in [0.15, 0.2) is 67.0 Å². The zero-order chi connectivity index (χ0) is 34.3. The van der Waals surface area contributed by atoms with Gasteiger partial charge in [-0.3, -0.25) is 15.1 Å². The van der Waals surface area contributed by atoms with E-state index in [0.717, 1.165) is 28.0 Å². The van der Waals surface area contributed by atoms with Crippen LogP contribution in [0, 0.1) is 6.92 Å². The van der Waals surface area contributed by atoms with Crippen LogP contribution in [0.2, 0.25) is 5.02 Å². The predicted molar refractivity (Wildman–Crippen MR) is 178 cm³/mol. The molecule has 1 aliphatic heterocycles. The largest absolute Gasteiger partial charge is 0.488 e. The van der Waals surface area contributed by atoms with Crippen molar-refractivity contribution in [3.05, 3.63) is 99.8 Å². The van der Waals surface area contributed by atoms with Crippen LogP contribution in [0.1, 0.15) is 46.5 Å². The van der Waals surface area contributed by atoms with Gasteiger partial charge in [0.15, 0.2) is 11.5 Å². The zero-order valence-electron chi connectivity index (χ0n) is 26.9. The predicted octanol–water partition coefficient (Wildman–Crippen LogP) is 5.74. The lowest BCUT2D eigenvalue weighted by Crippen LogP contribution is -2.52. The van der Waals surface area contributed by atoms with E-state index in [1.54, 1.807) is 31.3 Å². The van der Waals surface area contributed by atoms with E-state index in [1.807, 2.05) is 43.3 Å². The number of pyridine rings is 1. The van der Waals surface area contributed by atoms with Gasteiger partial charge in [0.05, 0.1) is 23.8 Å². The van der Waals surface area contributed by atoms with Gasteiger partial charge in [0.25, 0.3) is 0 Å². The number of aliphatic hydroxyl groups is 1. The summed E-state index contributed by atoms with van der Waals surface area (Å²) in [4.78, 5) is 28.1. The normalized spacial score (nSPS) is 13.4. The SMILES string of the molecule is CCOC(=O)c1cncc(COc2cc(OCc3cccc(-c4ccc5c(c4)OCCO5)c3C)c(Cl)cc2CNC(C)(CO)C(=O)O)c1. The highest BCUT2D eigenvalue weighted by atomic mass is 35.5. The van der Waals surface area contributed by atoms with Crippen molar-refractivity contribution in [3.63, 3.8) is 0 Å². The highest BCUT2D eigenvalue weighted by Gasteiger charge is 2.32. The number of carboxylic acids is 1. The maximum absolute atomic E-state index is 12.2. The molecular formula is C36H37ClN2O9. The Morgan fingerprint density at radius 3 is 2.50 bits per heavy atom. The maximum Gasteiger partial charge on any atom is 0.339 e. The molecule has 3 N–H and O–H groups in total.